The normalized spacial score (nSPS) is 17.4. The van der Waals surface area contributed by atoms with Crippen molar-refractivity contribution in [3.63, 3.8) is 0 Å². The molecular formula is C23H27N6O2+. The van der Waals surface area contributed by atoms with Gasteiger partial charge in [-0.05, 0) is 31.0 Å². The maximum atomic E-state index is 11.9. The second-order valence-corrected chi connectivity index (χ2v) is 7.58. The number of amidine groups is 1. The highest BCUT2D eigenvalue weighted by atomic mass is 16.3. The summed E-state index contributed by atoms with van der Waals surface area (Å²) in [6, 6.07) is 15.5. The predicted molar refractivity (Wildman–Crippen MR) is 124 cm³/mol. The van der Waals surface area contributed by atoms with E-state index in [1.54, 1.807) is 4.68 Å². The van der Waals surface area contributed by atoms with Crippen LogP contribution >= 0.6 is 0 Å². The Bertz CT molecular complexity index is 1070. The number of hydrogen-bond acceptors (Lipinski definition) is 6. The topological polar surface area (TPSA) is 106 Å². The number of β-amino-alcohol motifs (C(OH)–C–C–N with tert-alkyl or cyclic N) is 1. The Balaban J connectivity index is 1.78. The minimum absolute atomic E-state index is 0.0821. The van der Waals surface area contributed by atoms with Gasteiger partial charge in [0, 0.05) is 31.3 Å². The van der Waals surface area contributed by atoms with Crippen LogP contribution < -0.4 is 16.0 Å². The fraction of sp³-hybridized carbons (Fsp3) is 0.304. The standard InChI is InChI=1S/C23H26N6O2/c1-16(31)25-20-15-18(28-11-5-6-12-28)9-10-19(20)26-22-21(17-7-3-2-4-8-17)27-29(13-14-30)23(22)24/h2-4,7-10,15,30H,5-6,11-14H2,1H3,(H2,24,25,27,31)/p+1. The zero-order chi connectivity index (χ0) is 21.8. The van der Waals surface area contributed by atoms with Gasteiger partial charge in [0.1, 0.15) is 12.3 Å². The number of benzene rings is 2. The second kappa shape index (κ2) is 9.09. The van der Waals surface area contributed by atoms with E-state index < -0.39 is 0 Å². The summed E-state index contributed by atoms with van der Waals surface area (Å²) < 4.78 is 1.55. The van der Waals surface area contributed by atoms with Crippen LogP contribution in [0.1, 0.15) is 25.3 Å². The number of carbonyl (C=O) groups is 1. The maximum Gasteiger partial charge on any atom is 0.321 e. The fourth-order valence-corrected chi connectivity index (χ4v) is 3.84. The van der Waals surface area contributed by atoms with Crippen LogP contribution in [0.5, 0.6) is 0 Å². The maximum absolute atomic E-state index is 11.9. The monoisotopic (exact) mass is 419 g/mol. The summed E-state index contributed by atoms with van der Waals surface area (Å²) in [7, 11) is 0. The lowest BCUT2D eigenvalue weighted by molar-refractivity contribution is -0.532. The van der Waals surface area contributed by atoms with Crippen LogP contribution in [-0.2, 0) is 4.79 Å². The highest BCUT2D eigenvalue weighted by Crippen LogP contribution is 2.32. The Kier molecular flexibility index (Phi) is 6.08. The number of nitrogens with one attached hydrogen (secondary N) is 1. The van der Waals surface area contributed by atoms with Gasteiger partial charge in [0.2, 0.25) is 5.91 Å². The summed E-state index contributed by atoms with van der Waals surface area (Å²) >= 11 is 0. The number of aliphatic hydroxyl groups is 1. The lowest BCUT2D eigenvalue weighted by Crippen LogP contribution is -2.32. The first-order valence-corrected chi connectivity index (χ1v) is 10.5. The van der Waals surface area contributed by atoms with E-state index >= 15 is 0 Å². The molecular weight excluding hydrogens is 392 g/mol. The molecule has 160 valence electrons. The number of rotatable bonds is 6. The third-order valence-electron chi connectivity index (χ3n) is 5.32. The molecule has 2 aromatic carbocycles. The van der Waals surface area contributed by atoms with E-state index in [4.69, 9.17) is 10.7 Å². The fourth-order valence-electron chi connectivity index (χ4n) is 3.84. The van der Waals surface area contributed by atoms with E-state index in [1.165, 1.54) is 19.8 Å². The Morgan fingerprint density at radius 3 is 2.65 bits per heavy atom. The molecule has 31 heavy (non-hydrogen) atoms. The van der Waals surface area contributed by atoms with E-state index in [0.717, 1.165) is 24.3 Å². The molecule has 0 spiro atoms. The molecule has 0 bridgehead atoms. The van der Waals surface area contributed by atoms with E-state index in [1.807, 2.05) is 48.5 Å². The van der Waals surface area contributed by atoms with Crippen molar-refractivity contribution in [3.05, 3.63) is 54.1 Å². The highest BCUT2D eigenvalue weighted by Gasteiger charge is 2.31. The van der Waals surface area contributed by atoms with Crippen molar-refractivity contribution in [1.29, 1.82) is 0 Å². The molecule has 8 nitrogen and oxygen atoms in total. The third kappa shape index (κ3) is 4.49. The van der Waals surface area contributed by atoms with Gasteiger partial charge in [-0.1, -0.05) is 35.4 Å². The van der Waals surface area contributed by atoms with Gasteiger partial charge in [-0.15, -0.1) is 4.68 Å². The van der Waals surface area contributed by atoms with Crippen LogP contribution in [0.15, 0.2) is 58.6 Å². The summed E-state index contributed by atoms with van der Waals surface area (Å²) in [5, 5.41) is 16.9. The van der Waals surface area contributed by atoms with Gasteiger partial charge in [-0.25, -0.2) is 4.99 Å². The van der Waals surface area contributed by atoms with Crippen molar-refractivity contribution >= 4 is 40.2 Å². The van der Waals surface area contributed by atoms with Crippen molar-refractivity contribution in [2.24, 2.45) is 15.8 Å². The average molecular weight is 420 g/mol. The van der Waals surface area contributed by atoms with E-state index in [0.29, 0.717) is 28.6 Å². The van der Waals surface area contributed by atoms with Gasteiger partial charge in [0.25, 0.3) is 0 Å². The van der Waals surface area contributed by atoms with Gasteiger partial charge in [-0.2, -0.15) is 0 Å². The quantitative estimate of drug-likeness (QED) is 0.624. The van der Waals surface area contributed by atoms with Crippen LogP contribution in [-0.4, -0.2) is 59.2 Å². The van der Waals surface area contributed by atoms with Gasteiger partial charge in [0.15, 0.2) is 5.71 Å². The second-order valence-electron chi connectivity index (χ2n) is 7.58. The highest BCUT2D eigenvalue weighted by molar-refractivity contribution is 6.71. The predicted octanol–water partition coefficient (Wildman–Crippen LogP) is 2.10. The minimum Gasteiger partial charge on any atom is -0.392 e. The molecule has 1 saturated heterocycles. The number of aliphatic imine (C=N–C) groups is 1. The molecule has 0 atom stereocenters. The summed E-state index contributed by atoms with van der Waals surface area (Å²) in [5.41, 5.74) is 10.7. The van der Waals surface area contributed by atoms with E-state index in [-0.39, 0.29) is 19.1 Å². The zero-order valence-electron chi connectivity index (χ0n) is 17.6. The number of nitrogens with zero attached hydrogens (tertiary/aromatic N) is 4. The van der Waals surface area contributed by atoms with Crippen molar-refractivity contribution in [2.75, 3.05) is 36.5 Å². The van der Waals surface area contributed by atoms with Gasteiger partial charge in [-0.3, -0.25) is 10.5 Å². The van der Waals surface area contributed by atoms with Gasteiger partial charge in [0.05, 0.1) is 18.0 Å². The Morgan fingerprint density at radius 2 is 1.97 bits per heavy atom. The number of aliphatic hydroxyl groups excluding tert-OH is 1. The lowest BCUT2D eigenvalue weighted by Gasteiger charge is -2.19. The SMILES string of the molecule is CC(=O)Nc1cc(N2CCCC2)ccc1N=C1C(c2ccccc2)=N[N+](CCO)=C1N. The molecule has 2 heterocycles. The molecule has 0 aliphatic carbocycles. The van der Waals surface area contributed by atoms with Crippen LogP contribution in [0, 0.1) is 0 Å². The first kappa shape index (κ1) is 20.7. The largest absolute Gasteiger partial charge is 0.392 e. The van der Waals surface area contributed by atoms with E-state index in [9.17, 15) is 9.90 Å². The molecule has 2 aliphatic heterocycles. The summed E-state index contributed by atoms with van der Waals surface area (Å²) in [5.74, 6) is 0.201. The first-order chi connectivity index (χ1) is 15.1. The molecule has 0 radical (unpaired) electrons. The van der Waals surface area contributed by atoms with Crippen LogP contribution in [0.3, 0.4) is 0 Å². The van der Waals surface area contributed by atoms with Crippen molar-refractivity contribution in [2.45, 2.75) is 19.8 Å². The van der Waals surface area contributed by atoms with Gasteiger partial charge < -0.3 is 15.3 Å². The molecule has 1 fully saturated rings. The summed E-state index contributed by atoms with van der Waals surface area (Å²) in [6.07, 6.45) is 2.34. The number of carbonyl (C=O) groups excluding carboxylic acids is 1. The van der Waals surface area contributed by atoms with Crippen LogP contribution in [0.4, 0.5) is 17.1 Å². The Morgan fingerprint density at radius 1 is 1.23 bits per heavy atom. The lowest BCUT2D eigenvalue weighted by atomic mass is 10.1. The number of amides is 1. The number of nitrogens with two attached hydrogens (primary N) is 1. The van der Waals surface area contributed by atoms with E-state index in [2.05, 4.69) is 15.3 Å². The molecule has 2 aliphatic rings. The van der Waals surface area contributed by atoms with Gasteiger partial charge >= 0.3 is 5.84 Å². The van der Waals surface area contributed by atoms with Crippen molar-refractivity contribution in [1.82, 2.24) is 0 Å². The van der Waals surface area contributed by atoms with Crippen molar-refractivity contribution in [3.8, 4) is 0 Å². The Labute approximate surface area is 181 Å². The molecule has 0 aromatic heterocycles. The molecule has 2 aromatic rings. The molecule has 8 heteroatoms. The molecule has 4 N–H and O–H groups in total. The first-order valence-electron chi connectivity index (χ1n) is 10.5. The zero-order valence-corrected chi connectivity index (χ0v) is 17.6. The number of hydrazone groups is 1. The molecule has 1 amide bonds. The van der Waals surface area contributed by atoms with Crippen LogP contribution in [0.2, 0.25) is 0 Å². The minimum atomic E-state index is -0.165. The Hall–Kier alpha value is -3.52. The van der Waals surface area contributed by atoms with Crippen LogP contribution in [0.25, 0.3) is 0 Å². The average Bonchev–Trinajstić information content (AvgIpc) is 3.40. The number of anilines is 2. The number of hydrogen-bond donors (Lipinski definition) is 3. The molecule has 4 rings (SSSR count). The third-order valence-corrected chi connectivity index (χ3v) is 5.32. The van der Waals surface area contributed by atoms with Crippen molar-refractivity contribution < 1.29 is 14.6 Å². The smallest absolute Gasteiger partial charge is 0.321 e. The molecule has 0 saturated carbocycles. The summed E-state index contributed by atoms with van der Waals surface area (Å²) in [4.78, 5) is 19.0. The molecule has 0 unspecified atom stereocenters. The summed E-state index contributed by atoms with van der Waals surface area (Å²) in [6.45, 7) is 3.69.